The SMILES string of the molecule is Cc1ccc2c(c1)C(C(O)c1ccncc1)c1nc3ccccc3nc1-2. The van der Waals surface area contributed by atoms with Crippen LogP contribution in [0.5, 0.6) is 0 Å². The molecule has 0 radical (unpaired) electrons. The maximum absolute atomic E-state index is 11.2. The van der Waals surface area contributed by atoms with E-state index >= 15 is 0 Å². The summed E-state index contributed by atoms with van der Waals surface area (Å²) in [6.45, 7) is 2.07. The number of hydrogen-bond acceptors (Lipinski definition) is 4. The Bertz CT molecular complexity index is 1120. The zero-order valence-electron chi connectivity index (χ0n) is 14.3. The molecule has 0 saturated carbocycles. The van der Waals surface area contributed by atoms with E-state index in [-0.39, 0.29) is 5.92 Å². The third-order valence-electron chi connectivity index (χ3n) is 5.05. The summed E-state index contributed by atoms with van der Waals surface area (Å²) < 4.78 is 0. The molecule has 1 aliphatic carbocycles. The highest BCUT2D eigenvalue weighted by Crippen LogP contribution is 2.49. The number of benzene rings is 2. The molecule has 5 rings (SSSR count). The summed E-state index contributed by atoms with van der Waals surface area (Å²) in [4.78, 5) is 13.8. The van der Waals surface area contributed by atoms with Crippen LogP contribution >= 0.6 is 0 Å². The van der Waals surface area contributed by atoms with Gasteiger partial charge in [0.25, 0.3) is 0 Å². The van der Waals surface area contributed by atoms with Crippen molar-refractivity contribution < 1.29 is 5.11 Å². The Labute approximate surface area is 151 Å². The van der Waals surface area contributed by atoms with Gasteiger partial charge in [-0.25, -0.2) is 9.97 Å². The highest BCUT2D eigenvalue weighted by molar-refractivity contribution is 5.83. The average Bonchev–Trinajstić information content (AvgIpc) is 2.98. The van der Waals surface area contributed by atoms with Crippen LogP contribution < -0.4 is 0 Å². The van der Waals surface area contributed by atoms with Crippen LogP contribution in [0.4, 0.5) is 0 Å². The summed E-state index contributed by atoms with van der Waals surface area (Å²) in [5.41, 5.74) is 7.57. The number of para-hydroxylation sites is 2. The molecule has 4 nitrogen and oxygen atoms in total. The Balaban J connectivity index is 1.77. The summed E-state index contributed by atoms with van der Waals surface area (Å²) in [6, 6.07) is 17.9. The van der Waals surface area contributed by atoms with E-state index in [2.05, 4.69) is 30.1 Å². The second-order valence-corrected chi connectivity index (χ2v) is 6.74. The third-order valence-corrected chi connectivity index (χ3v) is 5.05. The Morgan fingerprint density at radius 2 is 1.65 bits per heavy atom. The summed E-state index contributed by atoms with van der Waals surface area (Å²) in [6.07, 6.45) is 2.71. The second kappa shape index (κ2) is 5.71. The van der Waals surface area contributed by atoms with E-state index in [1.807, 2.05) is 36.4 Å². The van der Waals surface area contributed by atoms with Crippen LogP contribution in [0.25, 0.3) is 22.3 Å². The topological polar surface area (TPSA) is 58.9 Å². The number of aromatic nitrogens is 3. The van der Waals surface area contributed by atoms with E-state index in [0.29, 0.717) is 0 Å². The molecule has 2 aromatic carbocycles. The first kappa shape index (κ1) is 15.2. The Kier molecular flexibility index (Phi) is 3.33. The zero-order valence-corrected chi connectivity index (χ0v) is 14.3. The fourth-order valence-corrected chi connectivity index (χ4v) is 3.80. The third kappa shape index (κ3) is 2.23. The minimum absolute atomic E-state index is 0.237. The number of rotatable bonds is 2. The highest BCUT2D eigenvalue weighted by atomic mass is 16.3. The van der Waals surface area contributed by atoms with E-state index in [1.54, 1.807) is 12.4 Å². The molecule has 0 amide bonds. The molecule has 4 heteroatoms. The molecule has 2 aromatic heterocycles. The first-order chi connectivity index (χ1) is 12.7. The van der Waals surface area contributed by atoms with Crippen LogP contribution in [0.2, 0.25) is 0 Å². The molecule has 1 aliphatic rings. The first-order valence-corrected chi connectivity index (χ1v) is 8.68. The minimum Gasteiger partial charge on any atom is -0.387 e. The molecule has 26 heavy (non-hydrogen) atoms. The van der Waals surface area contributed by atoms with Crippen molar-refractivity contribution in [1.82, 2.24) is 15.0 Å². The summed E-state index contributed by atoms with van der Waals surface area (Å²) >= 11 is 0. The van der Waals surface area contributed by atoms with Gasteiger partial charge in [0.05, 0.1) is 34.4 Å². The highest BCUT2D eigenvalue weighted by Gasteiger charge is 2.37. The van der Waals surface area contributed by atoms with Crippen molar-refractivity contribution >= 4 is 11.0 Å². The molecule has 2 heterocycles. The van der Waals surface area contributed by atoms with E-state index in [1.165, 1.54) is 0 Å². The first-order valence-electron chi connectivity index (χ1n) is 8.68. The number of pyridine rings is 1. The number of fused-ring (bicyclic) bond motifs is 4. The van der Waals surface area contributed by atoms with Gasteiger partial charge in [-0.1, -0.05) is 35.9 Å². The molecule has 0 fully saturated rings. The molecule has 126 valence electrons. The predicted molar refractivity (Wildman–Crippen MR) is 101 cm³/mol. The average molecular weight is 339 g/mol. The largest absolute Gasteiger partial charge is 0.387 e. The number of nitrogens with zero attached hydrogens (tertiary/aromatic N) is 3. The van der Waals surface area contributed by atoms with Gasteiger partial charge in [0.15, 0.2) is 0 Å². The molecule has 0 spiro atoms. The quantitative estimate of drug-likeness (QED) is 0.595. The van der Waals surface area contributed by atoms with Gasteiger partial charge in [0, 0.05) is 18.0 Å². The van der Waals surface area contributed by atoms with Crippen molar-refractivity contribution in [2.24, 2.45) is 0 Å². The Hall–Kier alpha value is -3.11. The normalized spacial score (nSPS) is 16.3. The molecule has 2 unspecified atom stereocenters. The van der Waals surface area contributed by atoms with Gasteiger partial charge in [-0.15, -0.1) is 0 Å². The van der Waals surface area contributed by atoms with Crippen LogP contribution in [0.1, 0.15) is 34.4 Å². The second-order valence-electron chi connectivity index (χ2n) is 6.74. The molecule has 2 atom stereocenters. The van der Waals surface area contributed by atoms with Crippen LogP contribution in [-0.4, -0.2) is 20.1 Å². The molecule has 1 N–H and O–H groups in total. The van der Waals surface area contributed by atoms with Crippen LogP contribution in [0, 0.1) is 6.92 Å². The molecule has 0 saturated heterocycles. The van der Waals surface area contributed by atoms with E-state index in [9.17, 15) is 5.11 Å². The summed E-state index contributed by atoms with van der Waals surface area (Å²) in [5.74, 6) is -0.237. The van der Waals surface area contributed by atoms with Gasteiger partial charge in [-0.05, 0) is 42.3 Å². The minimum atomic E-state index is -0.699. The standard InChI is InChI=1S/C22H17N3O/c1-13-6-7-15-16(12-13)19(22(26)14-8-10-23-11-9-14)21-20(15)24-17-4-2-3-5-18(17)25-21/h2-12,19,22,26H,1H3. The van der Waals surface area contributed by atoms with Crippen LogP contribution in [0.3, 0.4) is 0 Å². The van der Waals surface area contributed by atoms with Crippen molar-refractivity contribution in [3.8, 4) is 11.3 Å². The maximum Gasteiger partial charge on any atom is 0.0935 e. The zero-order chi connectivity index (χ0) is 17.7. The number of aliphatic hydroxyl groups excluding tert-OH is 1. The predicted octanol–water partition coefficient (Wildman–Crippen LogP) is 4.18. The number of aryl methyl sites for hydroxylation is 1. The van der Waals surface area contributed by atoms with Crippen molar-refractivity contribution in [3.63, 3.8) is 0 Å². The van der Waals surface area contributed by atoms with E-state index in [0.717, 1.165) is 44.7 Å². The van der Waals surface area contributed by atoms with Crippen molar-refractivity contribution in [1.29, 1.82) is 0 Å². The molecule has 4 aromatic rings. The lowest BCUT2D eigenvalue weighted by molar-refractivity contribution is 0.159. The molecule has 0 bridgehead atoms. The van der Waals surface area contributed by atoms with Crippen molar-refractivity contribution in [3.05, 3.63) is 89.4 Å². The van der Waals surface area contributed by atoms with Crippen LogP contribution in [0.15, 0.2) is 67.0 Å². The van der Waals surface area contributed by atoms with Crippen LogP contribution in [-0.2, 0) is 0 Å². The van der Waals surface area contributed by atoms with Gasteiger partial charge in [-0.2, -0.15) is 0 Å². The molecule has 0 aliphatic heterocycles. The van der Waals surface area contributed by atoms with Gasteiger partial charge in [-0.3, -0.25) is 4.98 Å². The smallest absolute Gasteiger partial charge is 0.0935 e. The van der Waals surface area contributed by atoms with E-state index < -0.39 is 6.10 Å². The molecular formula is C22H17N3O. The Morgan fingerprint density at radius 3 is 2.42 bits per heavy atom. The summed E-state index contributed by atoms with van der Waals surface area (Å²) in [7, 11) is 0. The lowest BCUT2D eigenvalue weighted by Gasteiger charge is -2.20. The monoisotopic (exact) mass is 339 g/mol. The van der Waals surface area contributed by atoms with Gasteiger partial charge in [0.1, 0.15) is 0 Å². The summed E-state index contributed by atoms with van der Waals surface area (Å²) in [5, 5.41) is 11.2. The van der Waals surface area contributed by atoms with Gasteiger partial charge < -0.3 is 5.11 Å². The fourth-order valence-electron chi connectivity index (χ4n) is 3.80. The lowest BCUT2D eigenvalue weighted by Crippen LogP contribution is -2.12. The Morgan fingerprint density at radius 1 is 0.923 bits per heavy atom. The number of aliphatic hydroxyl groups is 1. The molecular weight excluding hydrogens is 322 g/mol. The lowest BCUT2D eigenvalue weighted by atomic mass is 9.89. The van der Waals surface area contributed by atoms with Crippen molar-refractivity contribution in [2.75, 3.05) is 0 Å². The van der Waals surface area contributed by atoms with Gasteiger partial charge >= 0.3 is 0 Å². The maximum atomic E-state index is 11.2. The van der Waals surface area contributed by atoms with Gasteiger partial charge in [0.2, 0.25) is 0 Å². The number of hydrogen-bond donors (Lipinski definition) is 1. The van der Waals surface area contributed by atoms with E-state index in [4.69, 9.17) is 9.97 Å². The fraction of sp³-hybridized carbons (Fsp3) is 0.136. The van der Waals surface area contributed by atoms with Crippen molar-refractivity contribution in [2.45, 2.75) is 18.9 Å².